The van der Waals surface area contributed by atoms with Gasteiger partial charge < -0.3 is 20.1 Å². The first kappa shape index (κ1) is 30.3. The molecule has 0 aromatic heterocycles. The maximum Gasteiger partial charge on any atom is 0.331 e. The van der Waals surface area contributed by atoms with E-state index in [1.807, 2.05) is 13.8 Å². The van der Waals surface area contributed by atoms with Crippen LogP contribution in [-0.2, 0) is 14.3 Å². The first-order valence-corrected chi connectivity index (χ1v) is 15.2. The number of allylic oxidation sites excluding steroid dienone is 2. The summed E-state index contributed by atoms with van der Waals surface area (Å²) in [5, 5.41) is 33.8. The van der Waals surface area contributed by atoms with Gasteiger partial charge in [0.05, 0.1) is 11.7 Å². The van der Waals surface area contributed by atoms with Gasteiger partial charge in [0, 0.05) is 12.5 Å². The fourth-order valence-electron chi connectivity index (χ4n) is 10.3. The van der Waals surface area contributed by atoms with E-state index in [0.717, 1.165) is 43.3 Å². The van der Waals surface area contributed by atoms with E-state index in [1.165, 1.54) is 6.92 Å². The van der Waals surface area contributed by atoms with Crippen molar-refractivity contribution in [3.8, 4) is 0 Å². The summed E-state index contributed by atoms with van der Waals surface area (Å²) < 4.78 is 5.90. The topological polar surface area (TPSA) is 104 Å². The Kier molecular flexibility index (Phi) is 8.01. The number of aliphatic hydroxyl groups excluding tert-OH is 1. The Hall–Kier alpha value is -1.66. The van der Waals surface area contributed by atoms with Crippen LogP contribution >= 0.6 is 0 Å². The lowest BCUT2D eigenvalue weighted by Crippen LogP contribution is -2.66. The number of ether oxygens (including phenoxy) is 1. The summed E-state index contributed by atoms with van der Waals surface area (Å²) in [5.41, 5.74) is 0.860. The minimum absolute atomic E-state index is 0.0325. The summed E-state index contributed by atoms with van der Waals surface area (Å²) >= 11 is 0. The second-order valence-electron chi connectivity index (χ2n) is 14.4. The summed E-state index contributed by atoms with van der Waals surface area (Å²) in [4.78, 5) is 24.9. The third-order valence-electron chi connectivity index (χ3n) is 12.5. The molecule has 0 aromatic rings. The molecule has 3 unspecified atom stereocenters. The number of fused-ring (bicyclic) bond motifs is 5. The molecule has 39 heavy (non-hydrogen) atoms. The molecule has 0 saturated heterocycles. The molecule has 6 heteroatoms. The minimum atomic E-state index is -0.953. The predicted octanol–water partition coefficient (Wildman–Crippen LogP) is 6.45. The molecule has 0 aromatic carbocycles. The second kappa shape index (κ2) is 10.3. The number of esters is 1. The van der Waals surface area contributed by atoms with Gasteiger partial charge in [-0.1, -0.05) is 46.3 Å². The van der Waals surface area contributed by atoms with E-state index >= 15 is 0 Å². The fraction of sp³-hybridized carbons (Fsp3) is 0.818. The zero-order valence-electron chi connectivity index (χ0n) is 25.5. The van der Waals surface area contributed by atoms with Gasteiger partial charge in [-0.3, -0.25) is 4.79 Å². The predicted molar refractivity (Wildman–Crippen MR) is 152 cm³/mol. The van der Waals surface area contributed by atoms with Crippen molar-refractivity contribution in [1.29, 1.82) is 0 Å². The van der Waals surface area contributed by atoms with Crippen LogP contribution in [0.15, 0.2) is 22.8 Å². The van der Waals surface area contributed by atoms with Gasteiger partial charge in [0.25, 0.3) is 0 Å². The normalized spacial score (nSPS) is 46.4. The van der Waals surface area contributed by atoms with E-state index in [-0.39, 0.29) is 34.0 Å². The molecule has 3 N–H and O–H groups in total. The van der Waals surface area contributed by atoms with Crippen LogP contribution in [0, 0.1) is 39.9 Å². The monoisotopic (exact) mass is 544 g/mol. The van der Waals surface area contributed by atoms with Crippen LogP contribution in [0.4, 0.5) is 0 Å². The molecule has 220 valence electrons. The Labute approximate surface area is 235 Å². The standard InChI is InChI=1S/C33H52O6/c1-9-33(38)16-15-30(6)23(20(33)4)13-14-31(7)28(30)25(35)17-24-27(22(29(36)37)12-10-11-19(2)3)26(39-21(5)34)18-32(24,31)8/h11,20,23-26,28,35,38H,9-10,12-18H2,1-8H3,(H,36,37)/t20-,23?,24+,25?,26-,28?,30-,31-,32-,33+/m0/s1. The van der Waals surface area contributed by atoms with E-state index in [0.29, 0.717) is 37.2 Å². The maximum atomic E-state index is 12.7. The van der Waals surface area contributed by atoms with Crippen LogP contribution in [0.1, 0.15) is 113 Å². The number of aliphatic hydroxyl groups is 2. The Morgan fingerprint density at radius 1 is 1.08 bits per heavy atom. The fourth-order valence-corrected chi connectivity index (χ4v) is 10.3. The van der Waals surface area contributed by atoms with Gasteiger partial charge in [-0.05, 0) is 117 Å². The molecule has 0 amide bonds. The number of carboxylic acid groups (broad SMARTS) is 1. The zero-order chi connectivity index (χ0) is 29.1. The van der Waals surface area contributed by atoms with Crippen molar-refractivity contribution in [1.82, 2.24) is 0 Å². The molecule has 4 aliphatic carbocycles. The van der Waals surface area contributed by atoms with Crippen molar-refractivity contribution in [2.24, 2.45) is 39.9 Å². The molecule has 6 nitrogen and oxygen atoms in total. The maximum absolute atomic E-state index is 12.7. The van der Waals surface area contributed by atoms with Gasteiger partial charge in [0.2, 0.25) is 0 Å². The molecule has 10 atom stereocenters. The van der Waals surface area contributed by atoms with Crippen molar-refractivity contribution in [2.45, 2.75) is 131 Å². The van der Waals surface area contributed by atoms with Crippen LogP contribution in [0.3, 0.4) is 0 Å². The Bertz CT molecular complexity index is 1060. The molecular formula is C33H52O6. The van der Waals surface area contributed by atoms with Crippen LogP contribution in [0.25, 0.3) is 0 Å². The van der Waals surface area contributed by atoms with Crippen LogP contribution in [0.5, 0.6) is 0 Å². The van der Waals surface area contributed by atoms with E-state index < -0.39 is 29.7 Å². The number of hydrogen-bond acceptors (Lipinski definition) is 5. The van der Waals surface area contributed by atoms with Gasteiger partial charge in [0.1, 0.15) is 6.10 Å². The third-order valence-corrected chi connectivity index (χ3v) is 12.5. The molecule has 4 fully saturated rings. The lowest BCUT2D eigenvalue weighted by atomic mass is 9.35. The van der Waals surface area contributed by atoms with E-state index in [4.69, 9.17) is 4.74 Å². The number of aliphatic carboxylic acids is 1. The van der Waals surface area contributed by atoms with E-state index in [9.17, 15) is 24.9 Å². The lowest BCUT2D eigenvalue weighted by Gasteiger charge is -2.69. The SMILES string of the molecule is CC[C@@]1(O)CC[C@@]2(C)C(CC[C@@]3(C)C2C(O)C[C@@H]2C(=C(CCC=C(C)C)C(=O)O)[C@@H](OC(C)=O)C[C@@]23C)[C@@H]1C. The van der Waals surface area contributed by atoms with Gasteiger partial charge >= 0.3 is 11.9 Å². The summed E-state index contributed by atoms with van der Waals surface area (Å²) in [6.07, 6.45) is 7.20. The summed E-state index contributed by atoms with van der Waals surface area (Å²) in [6.45, 7) is 16.6. The molecule has 0 spiro atoms. The average Bonchev–Trinajstić information content (AvgIpc) is 3.10. The molecule has 4 aliphatic rings. The first-order chi connectivity index (χ1) is 18.1. The second-order valence-corrected chi connectivity index (χ2v) is 14.4. The Morgan fingerprint density at radius 3 is 2.31 bits per heavy atom. The molecule has 0 radical (unpaired) electrons. The molecule has 4 saturated carbocycles. The van der Waals surface area contributed by atoms with Crippen molar-refractivity contribution in [2.75, 3.05) is 0 Å². The largest absolute Gasteiger partial charge is 0.478 e. The Balaban J connectivity index is 1.81. The van der Waals surface area contributed by atoms with Gasteiger partial charge in [-0.15, -0.1) is 0 Å². The van der Waals surface area contributed by atoms with E-state index in [1.54, 1.807) is 0 Å². The lowest BCUT2D eigenvalue weighted by molar-refractivity contribution is -0.247. The summed E-state index contributed by atoms with van der Waals surface area (Å²) in [6, 6.07) is 0. The average molecular weight is 545 g/mol. The third kappa shape index (κ3) is 4.62. The van der Waals surface area contributed by atoms with Crippen molar-refractivity contribution < 1.29 is 29.6 Å². The highest BCUT2D eigenvalue weighted by molar-refractivity contribution is 5.88. The highest BCUT2D eigenvalue weighted by Crippen LogP contribution is 2.75. The highest BCUT2D eigenvalue weighted by Gasteiger charge is 2.71. The van der Waals surface area contributed by atoms with Crippen LogP contribution in [-0.4, -0.2) is 45.1 Å². The smallest absolute Gasteiger partial charge is 0.331 e. The van der Waals surface area contributed by atoms with E-state index in [2.05, 4.69) is 40.7 Å². The summed E-state index contributed by atoms with van der Waals surface area (Å²) in [7, 11) is 0. The number of carbonyl (C=O) groups excluding carboxylic acids is 1. The highest BCUT2D eigenvalue weighted by atomic mass is 16.5. The number of carbonyl (C=O) groups is 2. The molecule has 4 rings (SSSR count). The van der Waals surface area contributed by atoms with Gasteiger partial charge in [-0.25, -0.2) is 4.79 Å². The number of carboxylic acids is 1. The van der Waals surface area contributed by atoms with Gasteiger partial charge in [-0.2, -0.15) is 0 Å². The molecule has 0 heterocycles. The summed E-state index contributed by atoms with van der Waals surface area (Å²) in [5.74, 6) is -0.999. The Morgan fingerprint density at radius 2 is 1.74 bits per heavy atom. The zero-order valence-corrected chi connectivity index (χ0v) is 25.5. The quantitative estimate of drug-likeness (QED) is 0.202. The van der Waals surface area contributed by atoms with Crippen molar-refractivity contribution >= 4 is 11.9 Å². The van der Waals surface area contributed by atoms with Crippen molar-refractivity contribution in [3.63, 3.8) is 0 Å². The van der Waals surface area contributed by atoms with Crippen LogP contribution < -0.4 is 0 Å². The molecular weight excluding hydrogens is 492 g/mol. The molecule has 0 aliphatic heterocycles. The molecule has 0 bridgehead atoms. The minimum Gasteiger partial charge on any atom is -0.478 e. The van der Waals surface area contributed by atoms with Crippen molar-refractivity contribution in [3.05, 3.63) is 22.8 Å². The number of hydrogen-bond donors (Lipinski definition) is 3. The first-order valence-electron chi connectivity index (χ1n) is 15.2. The van der Waals surface area contributed by atoms with Gasteiger partial charge in [0.15, 0.2) is 0 Å². The number of rotatable bonds is 6. The van der Waals surface area contributed by atoms with Crippen LogP contribution in [0.2, 0.25) is 0 Å².